The molecule has 2 aromatic heterocycles. The Kier molecular flexibility index (Phi) is 4.02. The maximum atomic E-state index is 6.20. The monoisotopic (exact) mass is 321 g/mol. The summed E-state index contributed by atoms with van der Waals surface area (Å²) in [6, 6.07) is 1.91. The van der Waals surface area contributed by atoms with E-state index in [0.29, 0.717) is 16.9 Å². The average Bonchev–Trinajstić information content (AvgIpc) is 3.09. The third-order valence-electron chi connectivity index (χ3n) is 3.86. The van der Waals surface area contributed by atoms with Crippen LogP contribution in [0.2, 0.25) is 5.15 Å². The fourth-order valence-electron chi connectivity index (χ4n) is 2.70. The molecule has 0 radical (unpaired) electrons. The topological polar surface area (TPSA) is 38.7 Å². The maximum Gasteiger partial charge on any atom is 0.180 e. The summed E-state index contributed by atoms with van der Waals surface area (Å²) in [7, 11) is 0. The lowest BCUT2D eigenvalue weighted by molar-refractivity contribution is 0.585. The van der Waals surface area contributed by atoms with Crippen molar-refractivity contribution in [2.45, 2.75) is 57.8 Å². The minimum atomic E-state index is 0.0514. The van der Waals surface area contributed by atoms with Gasteiger partial charge < -0.3 is 0 Å². The molecule has 3 nitrogen and oxygen atoms in total. The summed E-state index contributed by atoms with van der Waals surface area (Å²) in [4.78, 5) is 13.8. The Morgan fingerprint density at radius 3 is 2.48 bits per heavy atom. The van der Waals surface area contributed by atoms with E-state index in [1.807, 2.05) is 11.4 Å². The second kappa shape index (κ2) is 5.65. The molecule has 0 unspecified atom stereocenters. The van der Waals surface area contributed by atoms with Gasteiger partial charge in [0.15, 0.2) is 5.82 Å². The van der Waals surface area contributed by atoms with Crippen molar-refractivity contribution in [2.24, 2.45) is 0 Å². The molecule has 1 fully saturated rings. The van der Waals surface area contributed by atoms with Gasteiger partial charge >= 0.3 is 0 Å². The highest BCUT2D eigenvalue weighted by atomic mass is 35.5. The molecule has 0 spiro atoms. The zero-order chi connectivity index (χ0) is 15.0. The van der Waals surface area contributed by atoms with Crippen molar-refractivity contribution in [3.63, 3.8) is 0 Å². The number of hydrogen-bond acceptors (Lipinski definition) is 4. The molecule has 0 amide bonds. The predicted octanol–water partition coefficient (Wildman–Crippen LogP) is 5.21. The van der Waals surface area contributed by atoms with Crippen molar-refractivity contribution in [1.82, 2.24) is 15.0 Å². The quantitative estimate of drug-likeness (QED) is 0.713. The summed E-state index contributed by atoms with van der Waals surface area (Å²) in [5, 5.41) is 3.65. The normalized spacial score (nSPS) is 16.6. The lowest BCUT2D eigenvalue weighted by atomic mass is 9.98. The molecular formula is C16H20ClN3S. The summed E-state index contributed by atoms with van der Waals surface area (Å²) in [6.45, 7) is 6.50. The molecule has 0 atom stereocenters. The fourth-order valence-corrected chi connectivity index (χ4v) is 3.78. The van der Waals surface area contributed by atoms with E-state index in [0.717, 1.165) is 16.4 Å². The predicted molar refractivity (Wildman–Crippen MR) is 88.1 cm³/mol. The number of aromatic nitrogens is 3. The van der Waals surface area contributed by atoms with Gasteiger partial charge in [0.25, 0.3) is 0 Å². The standard InChI is InChI=1S/C16H20ClN3S/c1-16(2,3)15-19-12(9-21-15)14-18-11(8-13(17)20-14)10-6-4-5-7-10/h8-10H,4-7H2,1-3H3. The number of thiazole rings is 1. The molecule has 5 heteroatoms. The first-order chi connectivity index (χ1) is 9.93. The van der Waals surface area contributed by atoms with Gasteiger partial charge in [-0.15, -0.1) is 11.3 Å². The van der Waals surface area contributed by atoms with Gasteiger partial charge in [-0.05, 0) is 18.9 Å². The molecule has 1 saturated carbocycles. The van der Waals surface area contributed by atoms with Gasteiger partial charge in [-0.1, -0.05) is 45.2 Å². The highest BCUT2D eigenvalue weighted by Crippen LogP contribution is 2.35. The van der Waals surface area contributed by atoms with E-state index in [1.165, 1.54) is 25.7 Å². The van der Waals surface area contributed by atoms with Crippen LogP contribution in [0.3, 0.4) is 0 Å². The molecule has 0 N–H and O–H groups in total. The van der Waals surface area contributed by atoms with E-state index in [1.54, 1.807) is 11.3 Å². The SMILES string of the molecule is CC(C)(C)c1nc(-c2nc(Cl)cc(C3CCCC3)n2)cs1. The van der Waals surface area contributed by atoms with Crippen LogP contribution in [-0.4, -0.2) is 15.0 Å². The molecule has 112 valence electrons. The zero-order valence-corrected chi connectivity index (χ0v) is 14.3. The Morgan fingerprint density at radius 1 is 1.14 bits per heavy atom. The van der Waals surface area contributed by atoms with E-state index in [-0.39, 0.29) is 5.41 Å². The van der Waals surface area contributed by atoms with Gasteiger partial charge in [-0.25, -0.2) is 15.0 Å². The first-order valence-corrected chi connectivity index (χ1v) is 8.70. The summed E-state index contributed by atoms with van der Waals surface area (Å²) in [5.74, 6) is 1.20. The molecule has 2 aromatic rings. The number of nitrogens with zero attached hydrogens (tertiary/aromatic N) is 3. The van der Waals surface area contributed by atoms with E-state index in [9.17, 15) is 0 Å². The highest BCUT2D eigenvalue weighted by molar-refractivity contribution is 7.10. The van der Waals surface area contributed by atoms with Crippen LogP contribution in [-0.2, 0) is 5.41 Å². The molecule has 1 aliphatic rings. The molecule has 21 heavy (non-hydrogen) atoms. The van der Waals surface area contributed by atoms with Gasteiger partial charge in [-0.3, -0.25) is 0 Å². The van der Waals surface area contributed by atoms with Crippen LogP contribution in [0.15, 0.2) is 11.4 Å². The summed E-state index contributed by atoms with van der Waals surface area (Å²) in [5.41, 5.74) is 1.97. The molecular weight excluding hydrogens is 302 g/mol. The largest absolute Gasteiger partial charge is 0.237 e. The van der Waals surface area contributed by atoms with Crippen molar-refractivity contribution in [1.29, 1.82) is 0 Å². The second-order valence-electron chi connectivity index (χ2n) is 6.71. The van der Waals surface area contributed by atoms with Crippen LogP contribution in [0, 0.1) is 0 Å². The molecule has 0 bridgehead atoms. The highest BCUT2D eigenvalue weighted by Gasteiger charge is 2.22. The van der Waals surface area contributed by atoms with Crippen LogP contribution >= 0.6 is 22.9 Å². The van der Waals surface area contributed by atoms with Gasteiger partial charge in [0.05, 0.1) is 5.01 Å². The maximum absolute atomic E-state index is 6.20. The number of rotatable bonds is 2. The minimum Gasteiger partial charge on any atom is -0.237 e. The number of hydrogen-bond donors (Lipinski definition) is 0. The first kappa shape index (κ1) is 14.9. The van der Waals surface area contributed by atoms with Crippen LogP contribution in [0.1, 0.15) is 63.1 Å². The molecule has 2 heterocycles. The van der Waals surface area contributed by atoms with Crippen LogP contribution in [0.4, 0.5) is 0 Å². The van der Waals surface area contributed by atoms with Crippen LogP contribution in [0.5, 0.6) is 0 Å². The van der Waals surface area contributed by atoms with Gasteiger partial charge in [0.2, 0.25) is 0 Å². The molecule has 0 saturated heterocycles. The summed E-state index contributed by atoms with van der Waals surface area (Å²) < 4.78 is 0. The Morgan fingerprint density at radius 2 is 1.86 bits per heavy atom. The molecule has 0 aromatic carbocycles. The second-order valence-corrected chi connectivity index (χ2v) is 7.95. The lowest BCUT2D eigenvalue weighted by Gasteiger charge is -2.13. The van der Waals surface area contributed by atoms with Crippen molar-refractivity contribution >= 4 is 22.9 Å². The molecule has 3 rings (SSSR count). The summed E-state index contributed by atoms with van der Waals surface area (Å²) >= 11 is 7.86. The Labute approximate surface area is 134 Å². The average molecular weight is 322 g/mol. The van der Waals surface area contributed by atoms with E-state index in [4.69, 9.17) is 21.6 Å². The van der Waals surface area contributed by atoms with Gasteiger partial charge in [0, 0.05) is 22.4 Å². The van der Waals surface area contributed by atoms with E-state index >= 15 is 0 Å². The van der Waals surface area contributed by atoms with Crippen molar-refractivity contribution in [2.75, 3.05) is 0 Å². The first-order valence-electron chi connectivity index (χ1n) is 7.44. The smallest absolute Gasteiger partial charge is 0.180 e. The Balaban J connectivity index is 1.96. The van der Waals surface area contributed by atoms with Crippen LogP contribution < -0.4 is 0 Å². The van der Waals surface area contributed by atoms with Gasteiger partial charge in [-0.2, -0.15) is 0 Å². The summed E-state index contributed by atoms with van der Waals surface area (Å²) in [6.07, 6.45) is 4.98. The van der Waals surface area contributed by atoms with Gasteiger partial charge in [0.1, 0.15) is 10.8 Å². The fraction of sp³-hybridized carbons (Fsp3) is 0.562. The lowest BCUT2D eigenvalue weighted by Crippen LogP contribution is -2.10. The van der Waals surface area contributed by atoms with Crippen molar-refractivity contribution in [3.05, 3.63) is 27.3 Å². The van der Waals surface area contributed by atoms with E-state index < -0.39 is 0 Å². The third kappa shape index (κ3) is 3.27. The van der Waals surface area contributed by atoms with Crippen molar-refractivity contribution < 1.29 is 0 Å². The van der Waals surface area contributed by atoms with Crippen molar-refractivity contribution in [3.8, 4) is 11.5 Å². The Hall–Kier alpha value is -1.00. The molecule has 0 aliphatic heterocycles. The zero-order valence-electron chi connectivity index (χ0n) is 12.7. The molecule has 1 aliphatic carbocycles. The third-order valence-corrected chi connectivity index (χ3v) is 5.32. The minimum absolute atomic E-state index is 0.0514. The number of halogens is 1. The Bertz CT molecular complexity index is 639. The van der Waals surface area contributed by atoms with E-state index in [2.05, 4.69) is 25.8 Å². The van der Waals surface area contributed by atoms with Crippen LogP contribution in [0.25, 0.3) is 11.5 Å².